The summed E-state index contributed by atoms with van der Waals surface area (Å²) in [7, 11) is 0. The molecule has 2 heterocycles. The number of nitrogens with one attached hydrogen (secondary N) is 2. The van der Waals surface area contributed by atoms with Crippen molar-refractivity contribution in [3.63, 3.8) is 0 Å². The van der Waals surface area contributed by atoms with Crippen LogP contribution in [-0.2, 0) is 12.8 Å². The molecule has 0 bridgehead atoms. The monoisotopic (exact) mass is 378 g/mol. The molecule has 5 rings (SSSR count). The van der Waals surface area contributed by atoms with Gasteiger partial charge in [-0.2, -0.15) is 0 Å². The third-order valence-electron chi connectivity index (χ3n) is 6.01. The van der Waals surface area contributed by atoms with Crippen LogP contribution in [0.25, 0.3) is 11.0 Å². The number of amides is 2. The molecule has 0 saturated carbocycles. The fourth-order valence-corrected chi connectivity index (χ4v) is 4.48. The van der Waals surface area contributed by atoms with Crippen molar-refractivity contribution in [2.45, 2.75) is 37.6 Å². The molecule has 6 heteroatoms. The van der Waals surface area contributed by atoms with Crippen LogP contribution in [0.2, 0.25) is 0 Å². The molecule has 5 nitrogen and oxygen atoms in total. The molecule has 1 saturated heterocycles. The van der Waals surface area contributed by atoms with Crippen LogP contribution < -0.4 is 5.32 Å². The fourth-order valence-electron chi connectivity index (χ4n) is 4.48. The molecule has 0 atom stereocenters. The van der Waals surface area contributed by atoms with E-state index in [2.05, 4.69) is 39.6 Å². The van der Waals surface area contributed by atoms with Gasteiger partial charge >= 0.3 is 6.03 Å². The number of fused-ring (bicyclic) bond motifs is 2. The third kappa shape index (κ3) is 3.23. The van der Waals surface area contributed by atoms with Crippen molar-refractivity contribution in [3.8, 4) is 0 Å². The summed E-state index contributed by atoms with van der Waals surface area (Å²) in [6.45, 7) is 1.42. The molecule has 0 unspecified atom stereocenters. The van der Waals surface area contributed by atoms with E-state index in [0.29, 0.717) is 13.1 Å². The van der Waals surface area contributed by atoms with Crippen molar-refractivity contribution in [2.75, 3.05) is 13.1 Å². The Hall–Kier alpha value is -2.89. The van der Waals surface area contributed by atoms with E-state index in [4.69, 9.17) is 0 Å². The maximum Gasteiger partial charge on any atom is 0.317 e. The fraction of sp³-hybridized carbons (Fsp3) is 0.364. The molecule has 1 aliphatic heterocycles. The second-order valence-corrected chi connectivity index (χ2v) is 7.87. The average molecular weight is 378 g/mol. The standard InChI is InChI=1S/C22H23FN4O/c23-17-5-6-19-20(13-17)26-21(25-19)14-7-9-27(10-8-14)22(28)24-18-11-15-3-1-2-4-16(15)12-18/h1-6,13-14,18H,7-12H2,(H,24,28)(H,25,26). The number of halogens is 1. The molecule has 2 aromatic carbocycles. The molecular weight excluding hydrogens is 355 g/mol. The molecule has 1 aliphatic carbocycles. The molecular formula is C22H23FN4O. The van der Waals surface area contributed by atoms with Crippen LogP contribution in [0.3, 0.4) is 0 Å². The summed E-state index contributed by atoms with van der Waals surface area (Å²) in [6.07, 6.45) is 3.54. The summed E-state index contributed by atoms with van der Waals surface area (Å²) >= 11 is 0. The lowest BCUT2D eigenvalue weighted by Gasteiger charge is -2.32. The maximum absolute atomic E-state index is 13.4. The number of hydrogen-bond acceptors (Lipinski definition) is 2. The molecule has 0 spiro atoms. The van der Waals surface area contributed by atoms with E-state index in [0.717, 1.165) is 42.5 Å². The first kappa shape index (κ1) is 17.2. The van der Waals surface area contributed by atoms with E-state index < -0.39 is 0 Å². The van der Waals surface area contributed by atoms with Gasteiger partial charge in [0.2, 0.25) is 0 Å². The van der Waals surface area contributed by atoms with E-state index in [1.807, 2.05) is 4.90 Å². The molecule has 28 heavy (non-hydrogen) atoms. The van der Waals surface area contributed by atoms with Gasteiger partial charge in [-0.25, -0.2) is 14.2 Å². The van der Waals surface area contributed by atoms with Gasteiger partial charge in [-0.3, -0.25) is 0 Å². The maximum atomic E-state index is 13.4. The number of imidazole rings is 1. The van der Waals surface area contributed by atoms with Gasteiger partial charge in [0, 0.05) is 25.0 Å². The number of urea groups is 1. The quantitative estimate of drug-likeness (QED) is 0.713. The highest BCUT2D eigenvalue weighted by Gasteiger charge is 2.28. The summed E-state index contributed by atoms with van der Waals surface area (Å²) in [5, 5.41) is 3.20. The van der Waals surface area contributed by atoms with Gasteiger partial charge in [-0.05, 0) is 55.0 Å². The lowest BCUT2D eigenvalue weighted by molar-refractivity contribution is 0.177. The zero-order valence-corrected chi connectivity index (χ0v) is 15.6. The number of piperidine rings is 1. The van der Waals surface area contributed by atoms with Gasteiger partial charge in [0.25, 0.3) is 0 Å². The van der Waals surface area contributed by atoms with E-state index >= 15 is 0 Å². The number of benzene rings is 2. The Morgan fingerprint density at radius 3 is 2.54 bits per heavy atom. The number of H-pyrrole nitrogens is 1. The van der Waals surface area contributed by atoms with Crippen LogP contribution in [0, 0.1) is 5.82 Å². The van der Waals surface area contributed by atoms with Gasteiger partial charge in [0.1, 0.15) is 11.6 Å². The molecule has 144 valence electrons. The van der Waals surface area contributed by atoms with E-state index in [-0.39, 0.29) is 23.8 Å². The Morgan fingerprint density at radius 2 is 1.82 bits per heavy atom. The van der Waals surface area contributed by atoms with Crippen LogP contribution in [0.5, 0.6) is 0 Å². The van der Waals surface area contributed by atoms with Crippen LogP contribution >= 0.6 is 0 Å². The topological polar surface area (TPSA) is 61.0 Å². The van der Waals surface area contributed by atoms with Crippen molar-refractivity contribution in [3.05, 3.63) is 65.2 Å². The number of aromatic nitrogens is 2. The molecule has 1 aromatic heterocycles. The van der Waals surface area contributed by atoms with Crippen molar-refractivity contribution in [1.29, 1.82) is 0 Å². The minimum atomic E-state index is -0.261. The Bertz CT molecular complexity index is 997. The number of rotatable bonds is 2. The number of likely N-dealkylation sites (tertiary alicyclic amines) is 1. The van der Waals surface area contributed by atoms with Gasteiger partial charge in [-0.15, -0.1) is 0 Å². The smallest absolute Gasteiger partial charge is 0.317 e. The zero-order valence-electron chi connectivity index (χ0n) is 15.6. The van der Waals surface area contributed by atoms with Crippen molar-refractivity contribution in [1.82, 2.24) is 20.2 Å². The zero-order chi connectivity index (χ0) is 19.1. The second kappa shape index (κ2) is 6.93. The molecule has 0 radical (unpaired) electrons. The summed E-state index contributed by atoms with van der Waals surface area (Å²) in [6, 6.07) is 13.2. The molecule has 2 aliphatic rings. The highest BCUT2D eigenvalue weighted by Crippen LogP contribution is 2.28. The van der Waals surface area contributed by atoms with E-state index in [1.54, 1.807) is 6.07 Å². The first-order valence-corrected chi connectivity index (χ1v) is 9.93. The predicted molar refractivity (Wildman–Crippen MR) is 106 cm³/mol. The predicted octanol–water partition coefficient (Wildman–Crippen LogP) is 3.76. The molecule has 3 aromatic rings. The lowest BCUT2D eigenvalue weighted by Crippen LogP contribution is -2.48. The normalized spacial score (nSPS) is 17.8. The minimum absolute atomic E-state index is 0.0305. The summed E-state index contributed by atoms with van der Waals surface area (Å²) in [5.74, 6) is 0.908. The number of aromatic amines is 1. The first-order chi connectivity index (χ1) is 13.7. The van der Waals surface area contributed by atoms with Gasteiger partial charge < -0.3 is 15.2 Å². The minimum Gasteiger partial charge on any atom is -0.342 e. The largest absolute Gasteiger partial charge is 0.342 e. The van der Waals surface area contributed by atoms with Gasteiger partial charge in [-0.1, -0.05) is 24.3 Å². The highest BCUT2D eigenvalue weighted by molar-refractivity contribution is 5.76. The Labute approximate surface area is 163 Å². The van der Waals surface area contributed by atoms with Crippen LogP contribution in [0.1, 0.15) is 35.7 Å². The average Bonchev–Trinajstić information content (AvgIpc) is 3.31. The van der Waals surface area contributed by atoms with E-state index in [9.17, 15) is 9.18 Å². The van der Waals surface area contributed by atoms with Crippen molar-refractivity contribution < 1.29 is 9.18 Å². The SMILES string of the molecule is O=C(NC1Cc2ccccc2C1)N1CCC(c2nc3ccc(F)cc3[nH]2)CC1. The van der Waals surface area contributed by atoms with Crippen molar-refractivity contribution >= 4 is 17.1 Å². The second-order valence-electron chi connectivity index (χ2n) is 7.87. The summed E-state index contributed by atoms with van der Waals surface area (Å²) in [4.78, 5) is 22.4. The molecule has 2 amide bonds. The lowest BCUT2D eigenvalue weighted by atomic mass is 9.96. The Kier molecular flexibility index (Phi) is 4.26. The summed E-state index contributed by atoms with van der Waals surface area (Å²) < 4.78 is 13.4. The Balaban J connectivity index is 1.18. The number of nitrogens with zero attached hydrogens (tertiary/aromatic N) is 2. The van der Waals surface area contributed by atoms with E-state index in [1.165, 1.54) is 23.3 Å². The van der Waals surface area contributed by atoms with Crippen LogP contribution in [0.15, 0.2) is 42.5 Å². The number of carbonyl (C=O) groups excluding carboxylic acids is 1. The van der Waals surface area contributed by atoms with Crippen molar-refractivity contribution in [2.24, 2.45) is 0 Å². The first-order valence-electron chi connectivity index (χ1n) is 9.93. The third-order valence-corrected chi connectivity index (χ3v) is 6.01. The highest BCUT2D eigenvalue weighted by atomic mass is 19.1. The van der Waals surface area contributed by atoms with Gasteiger partial charge in [0.05, 0.1) is 11.0 Å². The molecule has 2 N–H and O–H groups in total. The molecule has 1 fully saturated rings. The summed E-state index contributed by atoms with van der Waals surface area (Å²) in [5.41, 5.74) is 4.20. The number of carbonyl (C=O) groups is 1. The van der Waals surface area contributed by atoms with Crippen LogP contribution in [0.4, 0.5) is 9.18 Å². The van der Waals surface area contributed by atoms with Crippen LogP contribution in [-0.4, -0.2) is 40.0 Å². The number of hydrogen-bond donors (Lipinski definition) is 2. The Morgan fingerprint density at radius 1 is 1.11 bits per heavy atom. The van der Waals surface area contributed by atoms with Gasteiger partial charge in [0.15, 0.2) is 0 Å².